The lowest BCUT2D eigenvalue weighted by atomic mass is 9.66. The van der Waals surface area contributed by atoms with Crippen molar-refractivity contribution >= 4 is 17.8 Å². The number of esters is 1. The van der Waals surface area contributed by atoms with Gasteiger partial charge in [0.1, 0.15) is 24.2 Å². The van der Waals surface area contributed by atoms with Gasteiger partial charge in [0.05, 0.1) is 24.2 Å². The van der Waals surface area contributed by atoms with Crippen LogP contribution in [0.4, 0.5) is 0 Å². The molecule has 0 aromatic heterocycles. The lowest BCUT2D eigenvalue weighted by molar-refractivity contribution is -0.161. The number of likely N-dealkylation sites (tertiary alicyclic amines) is 1. The van der Waals surface area contributed by atoms with Crippen LogP contribution < -0.4 is 0 Å². The van der Waals surface area contributed by atoms with Crippen molar-refractivity contribution in [1.82, 2.24) is 9.80 Å². The van der Waals surface area contributed by atoms with Crippen LogP contribution in [0.5, 0.6) is 0 Å². The van der Waals surface area contributed by atoms with Gasteiger partial charge in [-0.3, -0.25) is 14.4 Å². The van der Waals surface area contributed by atoms with Gasteiger partial charge in [0.25, 0.3) is 0 Å². The van der Waals surface area contributed by atoms with Crippen molar-refractivity contribution in [3.05, 3.63) is 25.3 Å². The third-order valence-corrected chi connectivity index (χ3v) is 8.05. The zero-order chi connectivity index (χ0) is 26.0. The largest absolute Gasteiger partial charge is 0.461 e. The minimum atomic E-state index is -1.13. The number of ether oxygens (including phenoxy) is 2. The second kappa shape index (κ2) is 10.8. The number of aliphatic hydroxyl groups is 1. The highest BCUT2D eigenvalue weighted by Gasteiger charge is 2.79. The number of unbranched alkanes of at least 4 members (excludes halogenated alkanes) is 2. The van der Waals surface area contributed by atoms with Crippen LogP contribution in [0.1, 0.15) is 59.8 Å². The summed E-state index contributed by atoms with van der Waals surface area (Å²) in [5.74, 6) is -2.77. The predicted octanol–water partition coefficient (Wildman–Crippen LogP) is 2.70. The van der Waals surface area contributed by atoms with Crippen LogP contribution >= 0.6 is 0 Å². The molecule has 2 amide bonds. The summed E-state index contributed by atoms with van der Waals surface area (Å²) in [5.41, 5.74) is -2.02. The van der Waals surface area contributed by atoms with E-state index in [0.29, 0.717) is 25.9 Å². The Hall–Kier alpha value is -2.19. The number of hydrogen-bond donors (Lipinski definition) is 1. The molecule has 0 radical (unpaired) electrons. The normalized spacial score (nSPS) is 32.0. The first kappa shape index (κ1) is 27.4. The molecule has 0 saturated carbocycles. The maximum absolute atomic E-state index is 14.2. The first-order chi connectivity index (χ1) is 16.6. The van der Waals surface area contributed by atoms with Crippen LogP contribution in [0.15, 0.2) is 25.3 Å². The molecule has 0 aromatic rings. The Labute approximate surface area is 209 Å². The van der Waals surface area contributed by atoms with Crippen LogP contribution in [0.3, 0.4) is 0 Å². The number of amides is 2. The maximum atomic E-state index is 14.2. The molecule has 3 heterocycles. The minimum Gasteiger partial charge on any atom is -0.461 e. The fourth-order valence-electron chi connectivity index (χ4n) is 6.38. The van der Waals surface area contributed by atoms with E-state index in [1.807, 2.05) is 20.8 Å². The molecule has 3 saturated heterocycles. The van der Waals surface area contributed by atoms with Crippen molar-refractivity contribution in [3.63, 3.8) is 0 Å². The van der Waals surface area contributed by atoms with Crippen molar-refractivity contribution < 1.29 is 29.0 Å². The smallest absolute Gasteiger partial charge is 0.313 e. The van der Waals surface area contributed by atoms with Gasteiger partial charge < -0.3 is 24.4 Å². The number of fused-ring (bicyclic) bond motifs is 1. The van der Waals surface area contributed by atoms with Gasteiger partial charge in [-0.15, -0.1) is 6.58 Å². The fraction of sp³-hybridized carbons (Fsp3) is 0.741. The molecule has 8 heteroatoms. The van der Waals surface area contributed by atoms with Gasteiger partial charge in [0.15, 0.2) is 0 Å². The summed E-state index contributed by atoms with van der Waals surface area (Å²) >= 11 is 0. The summed E-state index contributed by atoms with van der Waals surface area (Å²) in [4.78, 5) is 44.7. The quantitative estimate of drug-likeness (QED) is 0.242. The molecule has 0 aliphatic carbocycles. The van der Waals surface area contributed by atoms with E-state index in [9.17, 15) is 19.5 Å². The number of carbonyl (C=O) groups excluding carboxylic acids is 3. The fourth-order valence-corrected chi connectivity index (χ4v) is 6.38. The molecule has 3 aliphatic heterocycles. The average Bonchev–Trinajstić information content (AvgIpc) is 3.38. The van der Waals surface area contributed by atoms with Crippen molar-refractivity contribution in [3.8, 4) is 0 Å². The Bertz CT molecular complexity index is 844. The van der Waals surface area contributed by atoms with E-state index in [4.69, 9.17) is 9.47 Å². The minimum absolute atomic E-state index is 0.0429. The van der Waals surface area contributed by atoms with E-state index < -0.39 is 41.1 Å². The molecule has 3 aliphatic rings. The summed E-state index contributed by atoms with van der Waals surface area (Å²) in [6, 6.07) is -1.49. The van der Waals surface area contributed by atoms with E-state index in [1.165, 1.54) is 11.0 Å². The average molecular weight is 491 g/mol. The van der Waals surface area contributed by atoms with Crippen molar-refractivity contribution in [2.75, 3.05) is 26.3 Å². The zero-order valence-corrected chi connectivity index (χ0v) is 21.7. The molecular formula is C27H42N2O6. The van der Waals surface area contributed by atoms with Crippen LogP contribution in [0.2, 0.25) is 0 Å². The van der Waals surface area contributed by atoms with Crippen molar-refractivity contribution in [1.29, 1.82) is 0 Å². The van der Waals surface area contributed by atoms with Gasteiger partial charge in [-0.05, 0) is 32.1 Å². The lowest BCUT2D eigenvalue weighted by Crippen LogP contribution is -2.59. The third-order valence-electron chi connectivity index (χ3n) is 8.05. The van der Waals surface area contributed by atoms with Crippen LogP contribution in [-0.4, -0.2) is 82.3 Å². The van der Waals surface area contributed by atoms with Crippen LogP contribution in [0.25, 0.3) is 0 Å². The molecule has 2 bridgehead atoms. The highest BCUT2D eigenvalue weighted by Crippen LogP contribution is 2.63. The number of rotatable bonds is 13. The number of hydrogen-bond acceptors (Lipinski definition) is 6. The maximum Gasteiger partial charge on any atom is 0.313 e. The van der Waals surface area contributed by atoms with E-state index in [0.717, 1.165) is 19.3 Å². The molecule has 0 aromatic carbocycles. The summed E-state index contributed by atoms with van der Waals surface area (Å²) in [7, 11) is 0. The monoisotopic (exact) mass is 490 g/mol. The molecular weight excluding hydrogens is 448 g/mol. The van der Waals surface area contributed by atoms with E-state index in [2.05, 4.69) is 20.1 Å². The van der Waals surface area contributed by atoms with Gasteiger partial charge in [-0.2, -0.15) is 0 Å². The Morgan fingerprint density at radius 2 is 2.00 bits per heavy atom. The summed E-state index contributed by atoms with van der Waals surface area (Å²) in [6.45, 7) is 15.9. The van der Waals surface area contributed by atoms with Gasteiger partial charge >= 0.3 is 5.97 Å². The highest BCUT2D eigenvalue weighted by atomic mass is 16.6. The van der Waals surface area contributed by atoms with Crippen LogP contribution in [0, 0.1) is 17.8 Å². The predicted molar refractivity (Wildman–Crippen MR) is 132 cm³/mol. The molecule has 3 fully saturated rings. The second-order valence-corrected chi connectivity index (χ2v) is 10.7. The Morgan fingerprint density at radius 1 is 1.29 bits per heavy atom. The molecule has 8 nitrogen and oxygen atoms in total. The molecule has 3 rings (SSSR count). The van der Waals surface area contributed by atoms with Gasteiger partial charge in [-0.1, -0.05) is 52.3 Å². The van der Waals surface area contributed by atoms with Gasteiger partial charge in [-0.25, -0.2) is 0 Å². The van der Waals surface area contributed by atoms with Crippen molar-refractivity contribution in [2.24, 2.45) is 17.8 Å². The lowest BCUT2D eigenvalue weighted by Gasteiger charge is -2.40. The summed E-state index contributed by atoms with van der Waals surface area (Å²) in [6.07, 6.45) is 7.07. The zero-order valence-electron chi connectivity index (χ0n) is 21.7. The molecule has 35 heavy (non-hydrogen) atoms. The molecule has 196 valence electrons. The third kappa shape index (κ3) is 4.55. The van der Waals surface area contributed by atoms with E-state index in [-0.39, 0.29) is 30.9 Å². The van der Waals surface area contributed by atoms with E-state index >= 15 is 0 Å². The number of nitrogens with zero attached hydrogens (tertiary/aromatic N) is 2. The SMILES string of the molecule is C=CCOC(=O)[C@H]1[C@H]2C(=O)N([C@@H](CO)C(C)C)C(C(=O)N(CC=C)CCCCC)C23CC[C@]1(C)O3. The summed E-state index contributed by atoms with van der Waals surface area (Å²) < 4.78 is 12.0. The molecule has 6 atom stereocenters. The molecule has 1 N–H and O–H groups in total. The first-order valence-electron chi connectivity index (χ1n) is 12.9. The Kier molecular flexibility index (Phi) is 8.48. The Morgan fingerprint density at radius 3 is 2.57 bits per heavy atom. The standard InChI is InChI=1S/C27H42N2O6/c1-7-10-11-15-28(14-8-2)24(32)22-27-13-12-26(6,35-27)21(25(33)34-16-9-3)20(27)23(31)29(22)19(17-30)18(4)5/h8-9,18-22,30H,2-3,7,10-17H2,1,4-6H3/t19-,20-,21+,22?,26-,27?/m0/s1. The topological polar surface area (TPSA) is 96.4 Å². The van der Waals surface area contributed by atoms with Crippen molar-refractivity contribution in [2.45, 2.75) is 83.1 Å². The Balaban J connectivity index is 2.08. The number of carbonyl (C=O) groups is 3. The second-order valence-electron chi connectivity index (χ2n) is 10.7. The van der Waals surface area contributed by atoms with Gasteiger partial charge in [0, 0.05) is 13.1 Å². The van der Waals surface area contributed by atoms with Crippen LogP contribution in [-0.2, 0) is 23.9 Å². The van der Waals surface area contributed by atoms with Gasteiger partial charge in [0.2, 0.25) is 11.8 Å². The van der Waals surface area contributed by atoms with E-state index in [1.54, 1.807) is 11.0 Å². The summed E-state index contributed by atoms with van der Waals surface area (Å²) in [5, 5.41) is 10.3. The number of aliphatic hydroxyl groups excluding tert-OH is 1. The molecule has 2 unspecified atom stereocenters. The highest BCUT2D eigenvalue weighted by molar-refractivity contribution is 5.98. The first-order valence-corrected chi connectivity index (χ1v) is 12.9. The molecule has 1 spiro atoms.